The number of aryl methyl sites for hydroxylation is 1. The van der Waals surface area contributed by atoms with Crippen LogP contribution in [0.5, 0.6) is 0 Å². The number of nitrogens with one attached hydrogen (secondary N) is 1. The zero-order chi connectivity index (χ0) is 22.8. The molecule has 1 N–H and O–H groups in total. The number of carboxylic acids is 1. The summed E-state index contributed by atoms with van der Waals surface area (Å²) in [6, 6.07) is 10.9. The van der Waals surface area contributed by atoms with E-state index in [1.54, 1.807) is 31.4 Å². The fraction of sp³-hybridized carbons (Fsp3) is 0.208. The Balaban J connectivity index is 1.68. The van der Waals surface area contributed by atoms with Gasteiger partial charge in [-0.05, 0) is 49.1 Å². The van der Waals surface area contributed by atoms with Gasteiger partial charge in [0.1, 0.15) is 11.2 Å². The van der Waals surface area contributed by atoms with Gasteiger partial charge in [-0.25, -0.2) is 4.79 Å². The van der Waals surface area contributed by atoms with Crippen LogP contribution in [0.2, 0.25) is 5.02 Å². The number of benzene rings is 2. The molecule has 8 heteroatoms. The van der Waals surface area contributed by atoms with Crippen LogP contribution < -0.4 is 16.0 Å². The highest BCUT2D eigenvalue weighted by atomic mass is 35.5. The van der Waals surface area contributed by atoms with Crippen molar-refractivity contribution in [3.05, 3.63) is 69.2 Å². The van der Waals surface area contributed by atoms with Gasteiger partial charge in [0, 0.05) is 39.9 Å². The largest absolute Gasteiger partial charge is 0.550 e. The Hall–Kier alpha value is -3.58. The minimum absolute atomic E-state index is 0.145. The Labute approximate surface area is 187 Å². The molecule has 32 heavy (non-hydrogen) atoms. The first-order valence-electron chi connectivity index (χ1n) is 10.0. The molecule has 4 aromatic rings. The molecule has 0 aliphatic heterocycles. The SMILES string of the molecule is Cc1c(CC(=O)NCCCC(=O)[O-])c(=O)oc2cc3occ(-c4ccc(Cl)cc4)c3cc12. The lowest BCUT2D eigenvalue weighted by Gasteiger charge is -2.09. The van der Waals surface area contributed by atoms with E-state index in [-0.39, 0.29) is 37.3 Å². The van der Waals surface area contributed by atoms with E-state index in [9.17, 15) is 19.5 Å². The maximum Gasteiger partial charge on any atom is 0.340 e. The number of rotatable bonds is 7. The molecule has 7 nitrogen and oxygen atoms in total. The highest BCUT2D eigenvalue weighted by Gasteiger charge is 2.17. The summed E-state index contributed by atoms with van der Waals surface area (Å²) < 4.78 is 11.2. The summed E-state index contributed by atoms with van der Waals surface area (Å²) in [5.41, 5.74) is 3.05. The molecule has 2 aromatic heterocycles. The van der Waals surface area contributed by atoms with Gasteiger partial charge in [0.05, 0.1) is 18.2 Å². The lowest BCUT2D eigenvalue weighted by Crippen LogP contribution is -2.30. The van der Waals surface area contributed by atoms with E-state index in [0.29, 0.717) is 27.1 Å². The lowest BCUT2D eigenvalue weighted by atomic mass is 9.99. The molecule has 0 aliphatic carbocycles. The average molecular weight is 453 g/mol. The smallest absolute Gasteiger partial charge is 0.340 e. The molecule has 0 bridgehead atoms. The zero-order valence-electron chi connectivity index (χ0n) is 17.2. The Morgan fingerprint density at radius 2 is 1.84 bits per heavy atom. The molecule has 0 saturated carbocycles. The Morgan fingerprint density at radius 3 is 2.56 bits per heavy atom. The van der Waals surface area contributed by atoms with Crippen molar-refractivity contribution >= 4 is 45.4 Å². The maximum atomic E-state index is 12.5. The number of carboxylic acid groups (broad SMARTS) is 1. The van der Waals surface area contributed by atoms with Gasteiger partial charge in [-0.2, -0.15) is 0 Å². The topological polar surface area (TPSA) is 113 Å². The quantitative estimate of drug-likeness (QED) is 0.340. The van der Waals surface area contributed by atoms with Gasteiger partial charge in [-0.15, -0.1) is 0 Å². The van der Waals surface area contributed by atoms with E-state index < -0.39 is 11.6 Å². The summed E-state index contributed by atoms with van der Waals surface area (Å²) in [5, 5.41) is 15.3. The first kappa shape index (κ1) is 21.6. The van der Waals surface area contributed by atoms with Gasteiger partial charge in [0.15, 0.2) is 0 Å². The summed E-state index contributed by atoms with van der Waals surface area (Å²) in [7, 11) is 0. The first-order chi connectivity index (χ1) is 15.3. The molecule has 0 atom stereocenters. The van der Waals surface area contributed by atoms with E-state index in [0.717, 1.165) is 16.5 Å². The van der Waals surface area contributed by atoms with Crippen molar-refractivity contribution in [3.8, 4) is 11.1 Å². The van der Waals surface area contributed by atoms with Crippen LogP contribution in [0.1, 0.15) is 24.0 Å². The number of fused-ring (bicyclic) bond motifs is 2. The predicted octanol–water partition coefficient (Wildman–Crippen LogP) is 3.36. The first-order valence-corrected chi connectivity index (χ1v) is 10.4. The minimum atomic E-state index is -1.17. The summed E-state index contributed by atoms with van der Waals surface area (Å²) in [6.07, 6.45) is 1.59. The monoisotopic (exact) mass is 452 g/mol. The van der Waals surface area contributed by atoms with Crippen LogP contribution >= 0.6 is 11.6 Å². The fourth-order valence-corrected chi connectivity index (χ4v) is 3.78. The minimum Gasteiger partial charge on any atom is -0.550 e. The van der Waals surface area contributed by atoms with Crippen molar-refractivity contribution < 1.29 is 23.5 Å². The van der Waals surface area contributed by atoms with Gasteiger partial charge < -0.3 is 24.1 Å². The highest BCUT2D eigenvalue weighted by Crippen LogP contribution is 2.35. The fourth-order valence-electron chi connectivity index (χ4n) is 3.65. The van der Waals surface area contributed by atoms with Crippen molar-refractivity contribution in [2.75, 3.05) is 6.54 Å². The predicted molar refractivity (Wildman–Crippen MR) is 118 cm³/mol. The van der Waals surface area contributed by atoms with E-state index in [1.165, 1.54) is 0 Å². The third-order valence-electron chi connectivity index (χ3n) is 5.35. The summed E-state index contributed by atoms with van der Waals surface area (Å²) in [6.45, 7) is 1.96. The molecule has 0 spiro atoms. The van der Waals surface area contributed by atoms with Crippen molar-refractivity contribution in [2.24, 2.45) is 0 Å². The number of hydrogen-bond acceptors (Lipinski definition) is 6. The number of halogens is 1. The van der Waals surface area contributed by atoms with Crippen molar-refractivity contribution in [3.63, 3.8) is 0 Å². The summed E-state index contributed by atoms with van der Waals surface area (Å²) in [5.74, 6) is -1.56. The van der Waals surface area contributed by atoms with Crippen LogP contribution in [0, 0.1) is 6.92 Å². The molecule has 0 fully saturated rings. The standard InChI is InChI=1S/C24H20ClNO6/c1-13-16-9-18-19(14-4-6-15(25)7-5-14)12-31-20(18)11-21(16)32-24(30)17(13)10-22(27)26-8-2-3-23(28)29/h4-7,9,11-12H,2-3,8,10H2,1H3,(H,26,27)(H,28,29)/p-1. The Kier molecular flexibility index (Phi) is 6.01. The number of carbonyl (C=O) groups is 2. The van der Waals surface area contributed by atoms with Gasteiger partial charge in [0.25, 0.3) is 0 Å². The van der Waals surface area contributed by atoms with Gasteiger partial charge in [0.2, 0.25) is 5.91 Å². The second-order valence-corrected chi connectivity index (χ2v) is 7.93. The van der Waals surface area contributed by atoms with E-state index in [2.05, 4.69) is 5.32 Å². The molecule has 0 radical (unpaired) electrons. The number of carbonyl (C=O) groups excluding carboxylic acids is 2. The normalized spacial score (nSPS) is 11.2. The van der Waals surface area contributed by atoms with E-state index in [1.807, 2.05) is 18.2 Å². The highest BCUT2D eigenvalue weighted by molar-refractivity contribution is 6.30. The average Bonchev–Trinajstić information content (AvgIpc) is 3.16. The van der Waals surface area contributed by atoms with Gasteiger partial charge in [-0.1, -0.05) is 23.7 Å². The number of aliphatic carboxylic acids is 1. The maximum absolute atomic E-state index is 12.5. The molecule has 0 unspecified atom stereocenters. The van der Waals surface area contributed by atoms with Crippen molar-refractivity contribution in [2.45, 2.75) is 26.2 Å². The van der Waals surface area contributed by atoms with Crippen LogP contribution in [-0.4, -0.2) is 18.4 Å². The number of hydrogen-bond donors (Lipinski definition) is 1. The van der Waals surface area contributed by atoms with Gasteiger partial charge >= 0.3 is 5.63 Å². The third kappa shape index (κ3) is 4.38. The zero-order valence-corrected chi connectivity index (χ0v) is 18.0. The second-order valence-electron chi connectivity index (χ2n) is 7.50. The van der Waals surface area contributed by atoms with Crippen LogP contribution in [0.3, 0.4) is 0 Å². The van der Waals surface area contributed by atoms with E-state index >= 15 is 0 Å². The molecule has 0 aliphatic rings. The number of amides is 1. The molecule has 164 valence electrons. The van der Waals surface area contributed by atoms with Crippen molar-refractivity contribution in [1.29, 1.82) is 0 Å². The molecule has 4 rings (SSSR count). The summed E-state index contributed by atoms with van der Waals surface area (Å²) >= 11 is 5.99. The van der Waals surface area contributed by atoms with Crippen LogP contribution in [0.4, 0.5) is 0 Å². The molecule has 2 aromatic carbocycles. The van der Waals surface area contributed by atoms with Crippen LogP contribution in [0.15, 0.2) is 56.3 Å². The number of furan rings is 1. The van der Waals surface area contributed by atoms with Crippen molar-refractivity contribution in [1.82, 2.24) is 5.32 Å². The molecule has 2 heterocycles. The summed E-state index contributed by atoms with van der Waals surface area (Å²) in [4.78, 5) is 35.2. The van der Waals surface area contributed by atoms with Gasteiger partial charge in [-0.3, -0.25) is 4.79 Å². The Bertz CT molecular complexity index is 1380. The molecule has 1 amide bonds. The molecule has 0 saturated heterocycles. The van der Waals surface area contributed by atoms with E-state index in [4.69, 9.17) is 20.4 Å². The Morgan fingerprint density at radius 1 is 1.09 bits per heavy atom. The lowest BCUT2D eigenvalue weighted by molar-refractivity contribution is -0.305. The van der Waals surface area contributed by atoms with Crippen LogP contribution in [0.25, 0.3) is 33.1 Å². The third-order valence-corrected chi connectivity index (χ3v) is 5.61. The molecular formula is C24H19ClNO6-. The van der Waals surface area contributed by atoms with Crippen LogP contribution in [-0.2, 0) is 16.0 Å². The molecular weight excluding hydrogens is 434 g/mol. The second kappa shape index (κ2) is 8.88.